The molecule has 0 radical (unpaired) electrons. The minimum atomic E-state index is 0.473. The van der Waals surface area contributed by atoms with E-state index < -0.39 is 0 Å². The summed E-state index contributed by atoms with van der Waals surface area (Å²) in [6.07, 6.45) is 3.04. The predicted octanol–water partition coefficient (Wildman–Crippen LogP) is 3.12. The molecule has 0 saturated carbocycles. The number of anilines is 1. The van der Waals surface area contributed by atoms with E-state index in [2.05, 4.69) is 77.0 Å². The lowest BCUT2D eigenvalue weighted by atomic mass is 10.2. The fourth-order valence-corrected chi connectivity index (χ4v) is 2.57. The summed E-state index contributed by atoms with van der Waals surface area (Å²) in [5.41, 5.74) is 1.25. The van der Waals surface area contributed by atoms with Crippen molar-refractivity contribution in [1.82, 2.24) is 15.2 Å². The second kappa shape index (κ2) is 9.38. The van der Waals surface area contributed by atoms with Crippen LogP contribution in [0.25, 0.3) is 0 Å². The van der Waals surface area contributed by atoms with Crippen LogP contribution in [-0.4, -0.2) is 49.7 Å². The van der Waals surface area contributed by atoms with E-state index in [0.29, 0.717) is 6.04 Å². The van der Waals surface area contributed by atoms with Crippen LogP contribution in [0.2, 0.25) is 0 Å². The van der Waals surface area contributed by atoms with Gasteiger partial charge in [0.15, 0.2) is 0 Å². The summed E-state index contributed by atoms with van der Waals surface area (Å²) in [6.45, 7) is 10.5. The largest absolute Gasteiger partial charge is 0.357 e. The number of hydrogen-bond acceptors (Lipinski definition) is 4. The highest BCUT2D eigenvalue weighted by atomic mass is 79.9. The maximum atomic E-state index is 4.65. The van der Waals surface area contributed by atoms with E-state index in [0.717, 1.165) is 42.9 Å². The van der Waals surface area contributed by atoms with Gasteiger partial charge in [0.05, 0.1) is 0 Å². The van der Waals surface area contributed by atoms with E-state index >= 15 is 0 Å². The van der Waals surface area contributed by atoms with Crippen LogP contribution in [0, 0.1) is 0 Å². The molecule has 120 valence electrons. The number of rotatable bonds is 9. The Morgan fingerprint density at radius 1 is 1.29 bits per heavy atom. The number of hydrogen-bond donors (Lipinski definition) is 1. The Morgan fingerprint density at radius 2 is 2.00 bits per heavy atom. The Balaban J connectivity index is 2.81. The molecular formula is C16H29BrN4. The SMILES string of the molecule is CCN(CCCN(C)C)c1ncc(Br)cc1CNC(C)C. The Kier molecular flexibility index (Phi) is 8.22. The molecule has 4 nitrogen and oxygen atoms in total. The van der Waals surface area contributed by atoms with Gasteiger partial charge in [-0.2, -0.15) is 0 Å². The molecule has 1 rings (SSSR count). The van der Waals surface area contributed by atoms with Crippen LogP contribution in [0.1, 0.15) is 32.8 Å². The van der Waals surface area contributed by atoms with Crippen molar-refractivity contribution in [3.8, 4) is 0 Å². The molecule has 0 atom stereocenters. The third-order valence-corrected chi connectivity index (χ3v) is 3.76. The number of nitrogens with zero attached hydrogens (tertiary/aromatic N) is 3. The zero-order valence-electron chi connectivity index (χ0n) is 14.0. The molecule has 1 N–H and O–H groups in total. The Morgan fingerprint density at radius 3 is 2.57 bits per heavy atom. The number of aromatic nitrogens is 1. The lowest BCUT2D eigenvalue weighted by Crippen LogP contribution is -2.30. The van der Waals surface area contributed by atoms with Crippen LogP contribution < -0.4 is 10.2 Å². The van der Waals surface area contributed by atoms with Gasteiger partial charge in [0.1, 0.15) is 5.82 Å². The lowest BCUT2D eigenvalue weighted by molar-refractivity contribution is 0.400. The summed E-state index contributed by atoms with van der Waals surface area (Å²) in [6, 6.07) is 2.65. The normalized spacial score (nSPS) is 11.4. The van der Waals surface area contributed by atoms with Crippen molar-refractivity contribution >= 4 is 21.7 Å². The number of pyridine rings is 1. The molecule has 1 aromatic rings. The van der Waals surface area contributed by atoms with Crippen molar-refractivity contribution in [1.29, 1.82) is 0 Å². The van der Waals surface area contributed by atoms with Crippen molar-refractivity contribution in [3.05, 3.63) is 22.3 Å². The van der Waals surface area contributed by atoms with Crippen molar-refractivity contribution in [2.75, 3.05) is 38.6 Å². The molecule has 0 aliphatic rings. The summed E-state index contributed by atoms with van der Waals surface area (Å²) < 4.78 is 1.04. The van der Waals surface area contributed by atoms with E-state index in [1.807, 2.05) is 6.20 Å². The van der Waals surface area contributed by atoms with Crippen molar-refractivity contribution < 1.29 is 0 Å². The zero-order valence-corrected chi connectivity index (χ0v) is 15.6. The summed E-state index contributed by atoms with van der Waals surface area (Å²) >= 11 is 3.53. The first-order chi connectivity index (χ1) is 9.93. The molecule has 0 bridgehead atoms. The Bertz CT molecular complexity index is 421. The van der Waals surface area contributed by atoms with Gasteiger partial charge in [-0.3, -0.25) is 0 Å². The standard InChI is InChI=1S/C16H29BrN4/c1-6-21(9-7-8-20(4)5)16-14(11-18-13(2)3)10-15(17)12-19-16/h10,12-13,18H,6-9,11H2,1-5H3. The summed E-state index contributed by atoms with van der Waals surface area (Å²) in [5, 5.41) is 3.49. The van der Waals surface area contributed by atoms with E-state index in [1.54, 1.807) is 0 Å². The first-order valence-electron chi connectivity index (χ1n) is 7.71. The van der Waals surface area contributed by atoms with E-state index in [1.165, 1.54) is 5.56 Å². The van der Waals surface area contributed by atoms with Crippen molar-refractivity contribution in [3.63, 3.8) is 0 Å². The maximum absolute atomic E-state index is 4.65. The fraction of sp³-hybridized carbons (Fsp3) is 0.688. The van der Waals surface area contributed by atoms with Crippen molar-refractivity contribution in [2.45, 2.75) is 39.8 Å². The highest BCUT2D eigenvalue weighted by Gasteiger charge is 2.12. The molecular weight excluding hydrogens is 328 g/mol. The van der Waals surface area contributed by atoms with Gasteiger partial charge in [-0.05, 0) is 56.0 Å². The van der Waals surface area contributed by atoms with Crippen LogP contribution >= 0.6 is 15.9 Å². The Hall–Kier alpha value is -0.650. The molecule has 0 aromatic carbocycles. The second-order valence-electron chi connectivity index (χ2n) is 5.91. The topological polar surface area (TPSA) is 31.4 Å². The van der Waals surface area contributed by atoms with Crippen molar-refractivity contribution in [2.24, 2.45) is 0 Å². The molecule has 0 aliphatic heterocycles. The van der Waals surface area contributed by atoms with Crippen LogP contribution in [0.15, 0.2) is 16.7 Å². The minimum Gasteiger partial charge on any atom is -0.357 e. The van der Waals surface area contributed by atoms with Gasteiger partial charge in [-0.15, -0.1) is 0 Å². The lowest BCUT2D eigenvalue weighted by Gasteiger charge is -2.25. The van der Waals surface area contributed by atoms with Crippen LogP contribution in [0.4, 0.5) is 5.82 Å². The summed E-state index contributed by atoms with van der Waals surface area (Å²) in [7, 11) is 4.23. The second-order valence-corrected chi connectivity index (χ2v) is 6.82. The molecule has 0 saturated heterocycles. The molecule has 0 unspecified atom stereocenters. The zero-order chi connectivity index (χ0) is 15.8. The summed E-state index contributed by atoms with van der Waals surface area (Å²) in [5.74, 6) is 1.10. The quantitative estimate of drug-likeness (QED) is 0.736. The molecule has 1 aromatic heterocycles. The van der Waals surface area contributed by atoms with Gasteiger partial charge in [0.25, 0.3) is 0 Å². The molecule has 0 spiro atoms. The Labute approximate surface area is 138 Å². The van der Waals surface area contributed by atoms with Gasteiger partial charge in [0.2, 0.25) is 0 Å². The highest BCUT2D eigenvalue weighted by molar-refractivity contribution is 9.10. The average Bonchev–Trinajstić information content (AvgIpc) is 2.42. The fourth-order valence-electron chi connectivity index (χ4n) is 2.19. The number of halogens is 1. The molecule has 21 heavy (non-hydrogen) atoms. The molecule has 0 fully saturated rings. The maximum Gasteiger partial charge on any atom is 0.133 e. The third kappa shape index (κ3) is 6.76. The van der Waals surface area contributed by atoms with E-state index in [-0.39, 0.29) is 0 Å². The monoisotopic (exact) mass is 356 g/mol. The highest BCUT2D eigenvalue weighted by Crippen LogP contribution is 2.22. The average molecular weight is 357 g/mol. The van der Waals surface area contributed by atoms with Crippen LogP contribution in [0.5, 0.6) is 0 Å². The smallest absolute Gasteiger partial charge is 0.133 e. The first kappa shape index (κ1) is 18.4. The summed E-state index contributed by atoms with van der Waals surface area (Å²) in [4.78, 5) is 9.25. The predicted molar refractivity (Wildman–Crippen MR) is 95.0 cm³/mol. The van der Waals surface area contributed by atoms with Gasteiger partial charge >= 0.3 is 0 Å². The molecule has 1 heterocycles. The molecule has 0 aliphatic carbocycles. The van der Waals surface area contributed by atoms with Gasteiger partial charge in [0, 0.05) is 41.9 Å². The van der Waals surface area contributed by atoms with Crippen LogP contribution in [-0.2, 0) is 6.54 Å². The molecule has 0 amide bonds. The first-order valence-corrected chi connectivity index (χ1v) is 8.50. The van der Waals surface area contributed by atoms with Gasteiger partial charge < -0.3 is 15.1 Å². The van der Waals surface area contributed by atoms with Crippen LogP contribution in [0.3, 0.4) is 0 Å². The van der Waals surface area contributed by atoms with Gasteiger partial charge in [-0.25, -0.2) is 4.98 Å². The minimum absolute atomic E-state index is 0.473. The third-order valence-electron chi connectivity index (χ3n) is 3.32. The van der Waals surface area contributed by atoms with E-state index in [9.17, 15) is 0 Å². The molecule has 5 heteroatoms. The van der Waals surface area contributed by atoms with E-state index in [4.69, 9.17) is 0 Å². The number of nitrogens with one attached hydrogen (secondary N) is 1. The van der Waals surface area contributed by atoms with Gasteiger partial charge in [-0.1, -0.05) is 13.8 Å².